The molecule has 0 aromatic heterocycles. The third kappa shape index (κ3) is 1.51. The van der Waals surface area contributed by atoms with Crippen molar-refractivity contribution in [2.75, 3.05) is 7.05 Å². The first-order valence-corrected chi connectivity index (χ1v) is 4.82. The predicted molar refractivity (Wildman–Crippen MR) is 59.2 cm³/mol. The van der Waals surface area contributed by atoms with Gasteiger partial charge in [0.1, 0.15) is 5.70 Å². The van der Waals surface area contributed by atoms with Gasteiger partial charge in [-0.2, -0.15) is 4.48 Å². The second-order valence-corrected chi connectivity index (χ2v) is 3.78. The first-order chi connectivity index (χ1) is 7.14. The number of amides is 1. The Morgan fingerprint density at radius 1 is 1.27 bits per heavy atom. The van der Waals surface area contributed by atoms with E-state index in [1.165, 1.54) is 0 Å². The van der Waals surface area contributed by atoms with E-state index in [9.17, 15) is 4.79 Å². The lowest BCUT2D eigenvalue weighted by Gasteiger charge is -2.22. The minimum Gasteiger partial charge on any atom is -0.225 e. The predicted octanol–water partition coefficient (Wildman–Crippen LogP) is 2.18. The Morgan fingerprint density at radius 2 is 1.93 bits per heavy atom. The molecule has 0 aliphatic carbocycles. The highest BCUT2D eigenvalue weighted by Crippen LogP contribution is 2.21. The molecule has 0 saturated carbocycles. The molecule has 0 saturated heterocycles. The molecule has 76 valence electrons. The zero-order chi connectivity index (χ0) is 10.9. The Morgan fingerprint density at radius 3 is 2.47 bits per heavy atom. The molecule has 3 heteroatoms. The van der Waals surface area contributed by atoms with Gasteiger partial charge < -0.3 is 0 Å². The maximum atomic E-state index is 12.2. The number of carbonyl (C=O) groups is 1. The number of carbonyl (C=O) groups excluding carboxylic acids is 1. The minimum atomic E-state index is 0.0469. The number of benzene rings is 1. The first kappa shape index (κ1) is 9.80. The molecule has 1 heterocycles. The maximum Gasteiger partial charge on any atom is 0.356 e. The van der Waals surface area contributed by atoms with E-state index in [-0.39, 0.29) is 10.4 Å². The third-order valence-electron chi connectivity index (χ3n) is 2.73. The van der Waals surface area contributed by atoms with Gasteiger partial charge in [0.25, 0.3) is 0 Å². The molecule has 1 aromatic carbocycles. The fourth-order valence-corrected chi connectivity index (χ4v) is 1.55. The lowest BCUT2D eigenvalue weighted by atomic mass is 10.2. The molecule has 1 aliphatic rings. The van der Waals surface area contributed by atoms with Crippen LogP contribution in [0.4, 0.5) is 0 Å². The fourth-order valence-electron chi connectivity index (χ4n) is 1.55. The summed E-state index contributed by atoms with van der Waals surface area (Å²) in [6.45, 7) is 1.91. The van der Waals surface area contributed by atoms with E-state index in [1.54, 1.807) is 12.5 Å². The van der Waals surface area contributed by atoms with Crippen molar-refractivity contribution in [3.05, 3.63) is 47.8 Å². The van der Waals surface area contributed by atoms with Crippen molar-refractivity contribution in [2.45, 2.75) is 6.92 Å². The van der Waals surface area contributed by atoms with Gasteiger partial charge in [-0.25, -0.2) is 9.79 Å². The number of hydrogen-bond donors (Lipinski definition) is 0. The normalized spacial score (nSPS) is 24.0. The van der Waals surface area contributed by atoms with Crippen molar-refractivity contribution in [1.82, 2.24) is 0 Å². The lowest BCUT2D eigenvalue weighted by molar-refractivity contribution is -0.679. The summed E-state index contributed by atoms with van der Waals surface area (Å²) in [4.78, 5) is 16.2. The Labute approximate surface area is 89.0 Å². The van der Waals surface area contributed by atoms with E-state index in [1.807, 2.05) is 44.3 Å². The van der Waals surface area contributed by atoms with Gasteiger partial charge in [-0.05, 0) is 12.1 Å². The highest BCUT2D eigenvalue weighted by atomic mass is 16.2. The highest BCUT2D eigenvalue weighted by Gasteiger charge is 2.36. The van der Waals surface area contributed by atoms with E-state index in [2.05, 4.69) is 4.99 Å². The first-order valence-electron chi connectivity index (χ1n) is 4.82. The largest absolute Gasteiger partial charge is 0.356 e. The standard InChI is InChI=1S/C12H13N2O/c1-10-8-13-9-14(10,2)12(15)11-6-4-3-5-7-11/h3-9H,1-2H3/q+1. The molecule has 0 spiro atoms. The van der Waals surface area contributed by atoms with Crippen LogP contribution in [0.3, 0.4) is 0 Å². The summed E-state index contributed by atoms with van der Waals surface area (Å²) in [5, 5.41) is 0. The summed E-state index contributed by atoms with van der Waals surface area (Å²) >= 11 is 0. The van der Waals surface area contributed by atoms with Gasteiger partial charge in [-0.15, -0.1) is 0 Å². The summed E-state index contributed by atoms with van der Waals surface area (Å²) < 4.78 is 0.143. The van der Waals surface area contributed by atoms with E-state index >= 15 is 0 Å². The molecule has 1 atom stereocenters. The van der Waals surface area contributed by atoms with Gasteiger partial charge in [-0.1, -0.05) is 18.2 Å². The van der Waals surface area contributed by atoms with Crippen molar-refractivity contribution in [2.24, 2.45) is 4.99 Å². The Balaban J connectivity index is 2.38. The number of quaternary nitrogens is 1. The molecule has 3 nitrogen and oxygen atoms in total. The number of hydrogen-bond acceptors (Lipinski definition) is 2. The molecule has 1 unspecified atom stereocenters. The summed E-state index contributed by atoms with van der Waals surface area (Å²) in [5.74, 6) is 0.0469. The summed E-state index contributed by atoms with van der Waals surface area (Å²) in [7, 11) is 1.84. The molecule has 15 heavy (non-hydrogen) atoms. The van der Waals surface area contributed by atoms with Crippen LogP contribution in [-0.4, -0.2) is 23.8 Å². The Bertz CT molecular complexity index is 448. The smallest absolute Gasteiger partial charge is 0.225 e. The van der Waals surface area contributed by atoms with Crippen molar-refractivity contribution < 1.29 is 9.28 Å². The minimum absolute atomic E-state index is 0.0469. The van der Waals surface area contributed by atoms with Gasteiger partial charge in [0.2, 0.25) is 6.34 Å². The molecule has 0 N–H and O–H groups in total. The molecule has 0 bridgehead atoms. The number of allylic oxidation sites excluding steroid dienone is 1. The van der Waals surface area contributed by atoms with Crippen LogP contribution in [0.25, 0.3) is 0 Å². The topological polar surface area (TPSA) is 29.4 Å². The highest BCUT2D eigenvalue weighted by molar-refractivity contribution is 5.94. The third-order valence-corrected chi connectivity index (χ3v) is 2.73. The van der Waals surface area contributed by atoms with E-state index in [0.29, 0.717) is 5.56 Å². The zero-order valence-electron chi connectivity index (χ0n) is 8.84. The molecule has 0 fully saturated rings. The van der Waals surface area contributed by atoms with Gasteiger partial charge in [0, 0.05) is 6.92 Å². The van der Waals surface area contributed by atoms with Gasteiger partial charge in [0.05, 0.1) is 18.8 Å². The monoisotopic (exact) mass is 201 g/mol. The number of aliphatic imine (C=N–C) groups is 1. The quantitative estimate of drug-likeness (QED) is 0.640. The van der Waals surface area contributed by atoms with Crippen molar-refractivity contribution in [1.29, 1.82) is 0 Å². The Kier molecular flexibility index (Phi) is 2.25. The molecular formula is C12H13N2O+. The van der Waals surface area contributed by atoms with Crippen LogP contribution in [0.5, 0.6) is 0 Å². The van der Waals surface area contributed by atoms with Crippen molar-refractivity contribution in [3.8, 4) is 0 Å². The van der Waals surface area contributed by atoms with Crippen LogP contribution in [0, 0.1) is 0 Å². The van der Waals surface area contributed by atoms with Crippen molar-refractivity contribution >= 4 is 12.2 Å². The summed E-state index contributed by atoms with van der Waals surface area (Å²) in [6, 6.07) is 9.28. The van der Waals surface area contributed by atoms with E-state index < -0.39 is 0 Å². The zero-order valence-corrected chi connectivity index (χ0v) is 8.84. The second-order valence-electron chi connectivity index (χ2n) is 3.78. The Hall–Kier alpha value is -1.74. The van der Waals surface area contributed by atoms with Crippen LogP contribution in [0.15, 0.2) is 47.2 Å². The summed E-state index contributed by atoms with van der Waals surface area (Å²) in [5.41, 5.74) is 1.64. The molecular weight excluding hydrogens is 188 g/mol. The average molecular weight is 201 g/mol. The fraction of sp³-hybridized carbons (Fsp3) is 0.167. The molecule has 2 rings (SSSR count). The SMILES string of the molecule is CC1=CN=C[N+]1(C)C(=O)c1ccccc1. The molecule has 0 radical (unpaired) electrons. The van der Waals surface area contributed by atoms with Crippen LogP contribution in [-0.2, 0) is 0 Å². The van der Waals surface area contributed by atoms with Crippen LogP contribution in [0.2, 0.25) is 0 Å². The van der Waals surface area contributed by atoms with Gasteiger partial charge in [0.15, 0.2) is 0 Å². The molecule has 1 aromatic rings. The van der Waals surface area contributed by atoms with Gasteiger partial charge in [-0.3, -0.25) is 0 Å². The average Bonchev–Trinajstić information content (AvgIpc) is 2.61. The van der Waals surface area contributed by atoms with Crippen molar-refractivity contribution in [3.63, 3.8) is 0 Å². The maximum absolute atomic E-state index is 12.2. The van der Waals surface area contributed by atoms with E-state index in [4.69, 9.17) is 0 Å². The van der Waals surface area contributed by atoms with E-state index in [0.717, 1.165) is 5.70 Å². The number of rotatable bonds is 1. The second kappa shape index (κ2) is 3.44. The molecule has 1 aliphatic heterocycles. The lowest BCUT2D eigenvalue weighted by Crippen LogP contribution is -2.44. The summed E-state index contributed by atoms with van der Waals surface area (Å²) in [6.07, 6.45) is 3.38. The number of nitrogens with zero attached hydrogens (tertiary/aromatic N) is 2. The van der Waals surface area contributed by atoms with Crippen LogP contribution < -0.4 is 0 Å². The van der Waals surface area contributed by atoms with Crippen LogP contribution >= 0.6 is 0 Å². The van der Waals surface area contributed by atoms with Gasteiger partial charge >= 0.3 is 5.91 Å². The van der Waals surface area contributed by atoms with Crippen LogP contribution in [0.1, 0.15) is 17.3 Å². The molecule has 1 amide bonds.